The van der Waals surface area contributed by atoms with Crippen molar-refractivity contribution < 1.29 is 0 Å². The van der Waals surface area contributed by atoms with Gasteiger partial charge in [-0.25, -0.2) is 4.98 Å². The van der Waals surface area contributed by atoms with Gasteiger partial charge in [-0.15, -0.1) is 0 Å². The fraction of sp³-hybridized carbons (Fsp3) is 0.105. The van der Waals surface area contributed by atoms with Crippen molar-refractivity contribution in [2.45, 2.75) is 17.8 Å². The van der Waals surface area contributed by atoms with Crippen LogP contribution in [0.15, 0.2) is 65.8 Å². The number of nitrogens with one attached hydrogen (secondary N) is 1. The molecule has 4 rings (SSSR count). The summed E-state index contributed by atoms with van der Waals surface area (Å²) in [5.74, 6) is 0.920. The molecule has 108 valence electrons. The van der Waals surface area contributed by atoms with E-state index >= 15 is 0 Å². The molecular weight excluding hydrogens is 288 g/mol. The number of thioether (sulfide) groups is 1. The van der Waals surface area contributed by atoms with E-state index in [4.69, 9.17) is 0 Å². The van der Waals surface area contributed by atoms with Crippen LogP contribution >= 0.6 is 11.8 Å². The van der Waals surface area contributed by atoms with Gasteiger partial charge < -0.3 is 4.98 Å². The lowest BCUT2D eigenvalue weighted by molar-refractivity contribution is 1.08. The molecule has 0 atom stereocenters. The number of hydrogen-bond donors (Lipinski definition) is 1. The first-order chi connectivity index (χ1) is 10.8. The first kappa shape index (κ1) is 13.4. The molecule has 0 aliphatic heterocycles. The van der Waals surface area contributed by atoms with Crippen molar-refractivity contribution in [1.82, 2.24) is 9.97 Å². The molecule has 22 heavy (non-hydrogen) atoms. The van der Waals surface area contributed by atoms with Crippen LogP contribution in [0.5, 0.6) is 0 Å². The third kappa shape index (κ3) is 2.60. The van der Waals surface area contributed by atoms with Crippen LogP contribution in [-0.2, 0) is 5.75 Å². The second-order valence-electron chi connectivity index (χ2n) is 5.53. The number of benzene rings is 3. The number of hydrogen-bond acceptors (Lipinski definition) is 2. The van der Waals surface area contributed by atoms with Crippen LogP contribution < -0.4 is 0 Å². The lowest BCUT2D eigenvalue weighted by atomic mass is 10.1. The van der Waals surface area contributed by atoms with E-state index in [1.165, 1.54) is 21.9 Å². The first-order valence-electron chi connectivity index (χ1n) is 7.35. The topological polar surface area (TPSA) is 28.7 Å². The van der Waals surface area contributed by atoms with Gasteiger partial charge in [-0.05, 0) is 41.0 Å². The van der Waals surface area contributed by atoms with Crippen molar-refractivity contribution in [2.24, 2.45) is 0 Å². The Labute approximate surface area is 133 Å². The largest absolute Gasteiger partial charge is 0.333 e. The minimum atomic E-state index is 0.920. The number of rotatable bonds is 3. The molecule has 0 amide bonds. The molecule has 0 saturated carbocycles. The Morgan fingerprint density at radius 3 is 2.73 bits per heavy atom. The van der Waals surface area contributed by atoms with Gasteiger partial charge in [-0.2, -0.15) is 0 Å². The van der Waals surface area contributed by atoms with Crippen LogP contribution in [0.25, 0.3) is 21.8 Å². The molecule has 3 heteroatoms. The molecule has 0 bridgehead atoms. The predicted molar refractivity (Wildman–Crippen MR) is 94.3 cm³/mol. The first-order valence-corrected chi connectivity index (χ1v) is 8.33. The zero-order chi connectivity index (χ0) is 14.9. The van der Waals surface area contributed by atoms with Gasteiger partial charge in [0.15, 0.2) is 5.16 Å². The fourth-order valence-corrected chi connectivity index (χ4v) is 3.48. The van der Waals surface area contributed by atoms with Crippen LogP contribution in [0.1, 0.15) is 11.1 Å². The third-order valence-electron chi connectivity index (χ3n) is 3.81. The number of imidazole rings is 1. The highest BCUT2D eigenvalue weighted by Gasteiger charge is 2.04. The molecular formula is C19H16N2S. The third-order valence-corrected chi connectivity index (χ3v) is 4.75. The molecule has 1 N–H and O–H groups in total. The van der Waals surface area contributed by atoms with E-state index in [1.54, 1.807) is 11.8 Å². The van der Waals surface area contributed by atoms with E-state index in [2.05, 4.69) is 77.6 Å². The van der Waals surface area contributed by atoms with Crippen molar-refractivity contribution in [3.63, 3.8) is 0 Å². The van der Waals surface area contributed by atoms with Crippen LogP contribution in [0.2, 0.25) is 0 Å². The van der Waals surface area contributed by atoms with Crippen molar-refractivity contribution in [1.29, 1.82) is 0 Å². The highest BCUT2D eigenvalue weighted by molar-refractivity contribution is 7.98. The standard InChI is InChI=1S/C19H16N2S/c1-13-6-9-17-18(10-13)21-19(20-17)22-12-14-7-8-15-4-2-3-5-16(15)11-14/h2-11H,12H2,1H3,(H,20,21). The van der Waals surface area contributed by atoms with Crippen LogP contribution in [0.4, 0.5) is 0 Å². The number of aromatic nitrogens is 2. The quantitative estimate of drug-likeness (QED) is 0.519. The zero-order valence-corrected chi connectivity index (χ0v) is 13.2. The van der Waals surface area contributed by atoms with E-state index in [1.807, 2.05) is 0 Å². The second kappa shape index (κ2) is 5.50. The Kier molecular flexibility index (Phi) is 3.35. The summed E-state index contributed by atoms with van der Waals surface area (Å²) >= 11 is 1.75. The molecule has 0 spiro atoms. The molecule has 2 nitrogen and oxygen atoms in total. The molecule has 4 aromatic rings. The van der Waals surface area contributed by atoms with E-state index in [-0.39, 0.29) is 0 Å². The van der Waals surface area contributed by atoms with E-state index in [0.29, 0.717) is 0 Å². The average Bonchev–Trinajstić information content (AvgIpc) is 2.94. The number of fused-ring (bicyclic) bond motifs is 2. The SMILES string of the molecule is Cc1ccc2nc(SCc3ccc4ccccc4c3)[nH]c2c1. The minimum Gasteiger partial charge on any atom is -0.333 e. The maximum absolute atomic E-state index is 4.64. The Hall–Kier alpha value is -2.26. The summed E-state index contributed by atoms with van der Waals surface area (Å²) in [6, 6.07) is 21.4. The van der Waals surface area contributed by atoms with Crippen LogP contribution in [0.3, 0.4) is 0 Å². The number of nitrogens with zero attached hydrogens (tertiary/aromatic N) is 1. The highest BCUT2D eigenvalue weighted by atomic mass is 32.2. The minimum absolute atomic E-state index is 0.920. The number of H-pyrrole nitrogens is 1. The molecule has 1 aromatic heterocycles. The van der Waals surface area contributed by atoms with Crippen LogP contribution in [-0.4, -0.2) is 9.97 Å². The van der Waals surface area contributed by atoms with Crippen LogP contribution in [0, 0.1) is 6.92 Å². The van der Waals surface area contributed by atoms with Gasteiger partial charge in [0, 0.05) is 5.75 Å². The Bertz CT molecular complexity index is 956. The Balaban J connectivity index is 1.56. The van der Waals surface area contributed by atoms with Crippen molar-refractivity contribution >= 4 is 33.6 Å². The zero-order valence-electron chi connectivity index (χ0n) is 12.3. The monoisotopic (exact) mass is 304 g/mol. The molecule has 0 radical (unpaired) electrons. The second-order valence-corrected chi connectivity index (χ2v) is 6.50. The summed E-state index contributed by atoms with van der Waals surface area (Å²) in [4.78, 5) is 8.03. The summed E-state index contributed by atoms with van der Waals surface area (Å²) in [5, 5.41) is 3.56. The van der Waals surface area contributed by atoms with Crippen molar-refractivity contribution in [3.8, 4) is 0 Å². The molecule has 0 unspecified atom stereocenters. The lowest BCUT2D eigenvalue weighted by Crippen LogP contribution is -1.82. The Morgan fingerprint density at radius 1 is 0.955 bits per heavy atom. The molecule has 3 aromatic carbocycles. The normalized spacial score (nSPS) is 11.3. The maximum Gasteiger partial charge on any atom is 0.166 e. The summed E-state index contributed by atoms with van der Waals surface area (Å²) in [5.41, 5.74) is 4.72. The van der Waals surface area contributed by atoms with Gasteiger partial charge in [0.25, 0.3) is 0 Å². The molecule has 0 aliphatic carbocycles. The van der Waals surface area contributed by atoms with Crippen molar-refractivity contribution in [3.05, 3.63) is 71.8 Å². The average molecular weight is 304 g/mol. The predicted octanol–water partition coefficient (Wildman–Crippen LogP) is 5.32. The maximum atomic E-state index is 4.64. The summed E-state index contributed by atoms with van der Waals surface area (Å²) in [7, 11) is 0. The molecule has 0 fully saturated rings. The molecule has 0 saturated heterocycles. The number of aromatic amines is 1. The number of aryl methyl sites for hydroxylation is 1. The van der Waals surface area contributed by atoms with Gasteiger partial charge in [0.05, 0.1) is 11.0 Å². The molecule has 1 heterocycles. The van der Waals surface area contributed by atoms with E-state index < -0.39 is 0 Å². The van der Waals surface area contributed by atoms with Gasteiger partial charge in [-0.3, -0.25) is 0 Å². The summed E-state index contributed by atoms with van der Waals surface area (Å²) < 4.78 is 0. The highest BCUT2D eigenvalue weighted by Crippen LogP contribution is 2.25. The van der Waals surface area contributed by atoms with E-state index in [0.717, 1.165) is 21.9 Å². The summed E-state index contributed by atoms with van der Waals surface area (Å²) in [6.45, 7) is 2.10. The van der Waals surface area contributed by atoms with Gasteiger partial charge in [0.1, 0.15) is 0 Å². The smallest absolute Gasteiger partial charge is 0.166 e. The van der Waals surface area contributed by atoms with Gasteiger partial charge >= 0.3 is 0 Å². The fourth-order valence-electron chi connectivity index (χ4n) is 2.65. The summed E-state index contributed by atoms with van der Waals surface area (Å²) in [6.07, 6.45) is 0. The van der Waals surface area contributed by atoms with Gasteiger partial charge in [-0.1, -0.05) is 60.3 Å². The van der Waals surface area contributed by atoms with Crippen molar-refractivity contribution in [2.75, 3.05) is 0 Å². The lowest BCUT2D eigenvalue weighted by Gasteiger charge is -2.02. The Morgan fingerprint density at radius 2 is 1.82 bits per heavy atom. The van der Waals surface area contributed by atoms with Gasteiger partial charge in [0.2, 0.25) is 0 Å². The van der Waals surface area contributed by atoms with E-state index in [9.17, 15) is 0 Å². The molecule has 0 aliphatic rings.